The van der Waals surface area contributed by atoms with Crippen molar-refractivity contribution in [2.24, 2.45) is 0 Å². The average molecular weight is 364 g/mol. The molecule has 27 heavy (non-hydrogen) atoms. The van der Waals surface area contributed by atoms with E-state index in [1.54, 1.807) is 6.20 Å². The number of amides is 1. The second kappa shape index (κ2) is 9.31. The summed E-state index contributed by atoms with van der Waals surface area (Å²) < 4.78 is 0. The first-order valence-electron chi connectivity index (χ1n) is 9.77. The molecule has 0 fully saturated rings. The van der Waals surface area contributed by atoms with Crippen LogP contribution in [0.2, 0.25) is 0 Å². The molecule has 0 saturated heterocycles. The number of anilines is 2. The molecule has 1 aromatic heterocycles. The van der Waals surface area contributed by atoms with Crippen LogP contribution in [-0.4, -0.2) is 22.4 Å². The molecule has 0 aliphatic heterocycles. The van der Waals surface area contributed by atoms with Crippen molar-refractivity contribution in [3.8, 4) is 0 Å². The Morgan fingerprint density at radius 2 is 2.00 bits per heavy atom. The molecule has 0 bridgehead atoms. The standard InChI is InChI=1S/C22H28N4O/c1-16(2)18-10-6-7-11-19(18)26-22(27)20-14-25-21(15-24-20)23-13-12-17-8-4-3-5-9-17/h6-8,10-11,14-16H,3-5,9,12-13H2,1-2H3,(H,23,25)(H,26,27). The molecule has 0 atom stereocenters. The number of benzene rings is 1. The van der Waals surface area contributed by atoms with Gasteiger partial charge in [0.2, 0.25) is 0 Å². The summed E-state index contributed by atoms with van der Waals surface area (Å²) in [6, 6.07) is 7.84. The molecule has 0 saturated carbocycles. The quantitative estimate of drug-likeness (QED) is 0.666. The van der Waals surface area contributed by atoms with Crippen molar-refractivity contribution in [3.63, 3.8) is 0 Å². The second-order valence-corrected chi connectivity index (χ2v) is 7.27. The normalized spacial score (nSPS) is 14.0. The van der Waals surface area contributed by atoms with E-state index in [9.17, 15) is 4.79 Å². The van der Waals surface area contributed by atoms with Gasteiger partial charge in [0.05, 0.1) is 12.4 Å². The Bertz CT molecular complexity index is 796. The van der Waals surface area contributed by atoms with Crippen LogP contribution in [0, 0.1) is 0 Å². The Morgan fingerprint density at radius 1 is 1.15 bits per heavy atom. The molecule has 3 rings (SSSR count). The highest BCUT2D eigenvalue weighted by Gasteiger charge is 2.12. The number of hydrogen-bond acceptors (Lipinski definition) is 4. The van der Waals surface area contributed by atoms with Gasteiger partial charge >= 0.3 is 0 Å². The van der Waals surface area contributed by atoms with Crippen LogP contribution in [0.1, 0.15) is 67.9 Å². The molecule has 0 unspecified atom stereocenters. The molecule has 5 heteroatoms. The lowest BCUT2D eigenvalue weighted by atomic mass is 9.97. The number of allylic oxidation sites excluding steroid dienone is 1. The monoisotopic (exact) mass is 364 g/mol. The minimum atomic E-state index is -0.241. The number of nitrogens with zero attached hydrogens (tertiary/aromatic N) is 2. The lowest BCUT2D eigenvalue weighted by Crippen LogP contribution is -2.16. The van der Waals surface area contributed by atoms with E-state index >= 15 is 0 Å². The molecule has 1 amide bonds. The third-order valence-corrected chi connectivity index (χ3v) is 4.85. The van der Waals surface area contributed by atoms with Gasteiger partial charge in [0.15, 0.2) is 0 Å². The van der Waals surface area contributed by atoms with Crippen molar-refractivity contribution in [1.82, 2.24) is 9.97 Å². The lowest BCUT2D eigenvalue weighted by Gasteiger charge is -2.14. The van der Waals surface area contributed by atoms with Crippen LogP contribution in [-0.2, 0) is 0 Å². The maximum Gasteiger partial charge on any atom is 0.275 e. The van der Waals surface area contributed by atoms with Crippen LogP contribution in [0.5, 0.6) is 0 Å². The molecule has 1 heterocycles. The molecular formula is C22H28N4O. The molecule has 142 valence electrons. The topological polar surface area (TPSA) is 66.9 Å². The maximum atomic E-state index is 12.5. The molecule has 2 aromatic rings. The number of nitrogens with one attached hydrogen (secondary N) is 2. The molecule has 0 radical (unpaired) electrons. The maximum absolute atomic E-state index is 12.5. The second-order valence-electron chi connectivity index (χ2n) is 7.27. The summed E-state index contributed by atoms with van der Waals surface area (Å²) >= 11 is 0. The van der Waals surface area contributed by atoms with Crippen molar-refractivity contribution in [2.75, 3.05) is 17.2 Å². The first-order valence-corrected chi connectivity index (χ1v) is 9.77. The fourth-order valence-corrected chi connectivity index (χ4v) is 3.32. The Kier molecular flexibility index (Phi) is 6.58. The summed E-state index contributed by atoms with van der Waals surface area (Å²) in [5.41, 5.74) is 3.77. The van der Waals surface area contributed by atoms with Gasteiger partial charge < -0.3 is 10.6 Å². The zero-order valence-electron chi connectivity index (χ0n) is 16.2. The molecule has 1 aromatic carbocycles. The van der Waals surface area contributed by atoms with Gasteiger partial charge in [-0.2, -0.15) is 0 Å². The highest BCUT2D eigenvalue weighted by molar-refractivity contribution is 6.03. The Morgan fingerprint density at radius 3 is 2.70 bits per heavy atom. The Balaban J connectivity index is 1.55. The number of para-hydroxylation sites is 1. The van der Waals surface area contributed by atoms with Gasteiger partial charge in [-0.3, -0.25) is 4.79 Å². The molecule has 1 aliphatic rings. The smallest absolute Gasteiger partial charge is 0.275 e. The van der Waals surface area contributed by atoms with Crippen molar-refractivity contribution < 1.29 is 4.79 Å². The number of rotatable bonds is 7. The van der Waals surface area contributed by atoms with Gasteiger partial charge in [-0.25, -0.2) is 9.97 Å². The van der Waals surface area contributed by atoms with E-state index in [0.717, 1.165) is 24.2 Å². The zero-order valence-corrected chi connectivity index (χ0v) is 16.2. The summed E-state index contributed by atoms with van der Waals surface area (Å²) in [4.78, 5) is 21.1. The molecule has 2 N–H and O–H groups in total. The van der Waals surface area contributed by atoms with Gasteiger partial charge in [-0.05, 0) is 49.7 Å². The lowest BCUT2D eigenvalue weighted by molar-refractivity contribution is 0.102. The summed E-state index contributed by atoms with van der Waals surface area (Å²) in [7, 11) is 0. The van der Waals surface area contributed by atoms with Gasteiger partial charge in [-0.15, -0.1) is 0 Å². The molecule has 1 aliphatic carbocycles. The third-order valence-electron chi connectivity index (χ3n) is 4.85. The Hall–Kier alpha value is -2.69. The summed E-state index contributed by atoms with van der Waals surface area (Å²) in [5, 5.41) is 6.23. The van der Waals surface area contributed by atoms with E-state index in [-0.39, 0.29) is 5.91 Å². The van der Waals surface area contributed by atoms with Gasteiger partial charge in [0, 0.05) is 12.2 Å². The van der Waals surface area contributed by atoms with Crippen LogP contribution >= 0.6 is 0 Å². The van der Waals surface area contributed by atoms with Crippen LogP contribution in [0.15, 0.2) is 48.3 Å². The molecular weight excluding hydrogens is 336 g/mol. The van der Waals surface area contributed by atoms with Gasteiger partial charge in [0.1, 0.15) is 11.5 Å². The van der Waals surface area contributed by atoms with E-state index < -0.39 is 0 Å². The highest BCUT2D eigenvalue weighted by atomic mass is 16.1. The summed E-state index contributed by atoms with van der Waals surface area (Å²) in [6.45, 7) is 5.05. The largest absolute Gasteiger partial charge is 0.368 e. The Labute approximate surface area is 161 Å². The van der Waals surface area contributed by atoms with Crippen molar-refractivity contribution in [3.05, 3.63) is 59.6 Å². The fourth-order valence-electron chi connectivity index (χ4n) is 3.32. The third kappa shape index (κ3) is 5.39. The molecule has 5 nitrogen and oxygen atoms in total. The average Bonchev–Trinajstić information content (AvgIpc) is 2.69. The van der Waals surface area contributed by atoms with Gasteiger partial charge in [-0.1, -0.05) is 43.7 Å². The van der Waals surface area contributed by atoms with Crippen LogP contribution in [0.4, 0.5) is 11.5 Å². The van der Waals surface area contributed by atoms with E-state index in [4.69, 9.17) is 0 Å². The van der Waals surface area contributed by atoms with Crippen molar-refractivity contribution in [1.29, 1.82) is 0 Å². The number of carbonyl (C=O) groups is 1. The van der Waals surface area contributed by atoms with Crippen molar-refractivity contribution >= 4 is 17.4 Å². The predicted octanol–water partition coefficient (Wildman–Crippen LogP) is 5.15. The van der Waals surface area contributed by atoms with Crippen LogP contribution < -0.4 is 10.6 Å². The van der Waals surface area contributed by atoms with E-state index in [0.29, 0.717) is 17.4 Å². The van der Waals surface area contributed by atoms with E-state index in [2.05, 4.69) is 40.5 Å². The predicted molar refractivity (Wildman–Crippen MR) is 110 cm³/mol. The fraction of sp³-hybridized carbons (Fsp3) is 0.409. The summed E-state index contributed by atoms with van der Waals surface area (Å²) in [6.07, 6.45) is 11.6. The first-order chi connectivity index (χ1) is 13.1. The van der Waals surface area contributed by atoms with Gasteiger partial charge in [0.25, 0.3) is 5.91 Å². The molecule has 0 spiro atoms. The number of hydrogen-bond donors (Lipinski definition) is 2. The van der Waals surface area contributed by atoms with E-state index in [1.165, 1.54) is 37.5 Å². The number of carbonyl (C=O) groups excluding carboxylic acids is 1. The minimum Gasteiger partial charge on any atom is -0.368 e. The number of aromatic nitrogens is 2. The van der Waals surface area contributed by atoms with E-state index in [1.807, 2.05) is 24.3 Å². The highest BCUT2D eigenvalue weighted by Crippen LogP contribution is 2.24. The van der Waals surface area contributed by atoms with Crippen molar-refractivity contribution in [2.45, 2.75) is 51.9 Å². The van der Waals surface area contributed by atoms with Crippen LogP contribution in [0.25, 0.3) is 0 Å². The summed E-state index contributed by atoms with van der Waals surface area (Å²) in [5.74, 6) is 0.790. The first kappa shape index (κ1) is 19.1. The minimum absolute atomic E-state index is 0.241. The zero-order chi connectivity index (χ0) is 19.1. The van der Waals surface area contributed by atoms with Crippen LogP contribution in [0.3, 0.4) is 0 Å². The SMILES string of the molecule is CC(C)c1ccccc1NC(=O)c1cnc(NCCC2=CCCCC2)cn1.